The molecule has 1 fully saturated rings. The lowest BCUT2D eigenvalue weighted by Gasteiger charge is -2.21. The van der Waals surface area contributed by atoms with Crippen molar-refractivity contribution < 1.29 is 22.7 Å². The number of H-pyrrole nitrogens is 1. The first-order valence-corrected chi connectivity index (χ1v) is 12.3. The molecule has 1 N–H and O–H groups in total. The number of carbonyl (C=O) groups is 2. The van der Waals surface area contributed by atoms with Gasteiger partial charge in [-0.3, -0.25) is 9.69 Å². The number of carbonyl (C=O) groups excluding carboxylic acids is 2. The van der Waals surface area contributed by atoms with Crippen LogP contribution in [0.3, 0.4) is 0 Å². The molecule has 0 radical (unpaired) electrons. The van der Waals surface area contributed by atoms with Gasteiger partial charge in [0.15, 0.2) is 5.78 Å². The summed E-state index contributed by atoms with van der Waals surface area (Å²) in [7, 11) is -3.57. The van der Waals surface area contributed by atoms with Crippen LogP contribution in [0.5, 0.6) is 0 Å². The van der Waals surface area contributed by atoms with E-state index in [0.717, 1.165) is 5.56 Å². The van der Waals surface area contributed by atoms with Gasteiger partial charge in [0.1, 0.15) is 5.69 Å². The first-order chi connectivity index (χ1) is 15.1. The van der Waals surface area contributed by atoms with Gasteiger partial charge in [-0.05, 0) is 58.4 Å². The maximum atomic E-state index is 13.0. The molecule has 0 saturated carbocycles. The molecule has 1 aromatic heterocycles. The molecule has 1 aromatic carbocycles. The van der Waals surface area contributed by atoms with Crippen LogP contribution in [0, 0.1) is 20.8 Å². The first kappa shape index (κ1) is 24.2. The standard InChI is InChI=1S/C23H31N3O5S/c1-5-31-23(28)22-17(3)21(18(4)24-22)20(27)15-25-11-6-12-26(14-13-25)32(29,30)19-9-7-16(2)8-10-19/h7-10,24H,5-6,11-15H2,1-4H3. The number of hydrogen-bond donors (Lipinski definition) is 1. The Hall–Kier alpha value is -2.49. The van der Waals surface area contributed by atoms with Crippen molar-refractivity contribution in [2.24, 2.45) is 0 Å². The smallest absolute Gasteiger partial charge is 0.355 e. The number of benzene rings is 1. The summed E-state index contributed by atoms with van der Waals surface area (Å²) < 4.78 is 32.6. The molecular formula is C23H31N3O5S. The van der Waals surface area contributed by atoms with Crippen LogP contribution in [0.2, 0.25) is 0 Å². The number of ketones is 1. The number of nitrogens with zero attached hydrogens (tertiary/aromatic N) is 2. The third kappa shape index (κ3) is 5.11. The summed E-state index contributed by atoms with van der Waals surface area (Å²) in [5.74, 6) is -0.569. The number of Topliss-reactive ketones (excluding diaryl/α,β-unsaturated/α-hetero) is 1. The van der Waals surface area contributed by atoms with Crippen LogP contribution in [0.4, 0.5) is 0 Å². The maximum absolute atomic E-state index is 13.0. The Morgan fingerprint density at radius 2 is 1.72 bits per heavy atom. The normalized spacial score (nSPS) is 16.0. The topological polar surface area (TPSA) is 99.8 Å². The van der Waals surface area contributed by atoms with Crippen molar-refractivity contribution in [3.05, 3.63) is 52.3 Å². The number of esters is 1. The summed E-state index contributed by atoms with van der Waals surface area (Å²) in [4.78, 5) is 30.4. The number of sulfonamides is 1. The molecular weight excluding hydrogens is 430 g/mol. The van der Waals surface area contributed by atoms with E-state index in [1.165, 1.54) is 4.31 Å². The number of hydrogen-bond acceptors (Lipinski definition) is 6. The van der Waals surface area contributed by atoms with E-state index in [1.807, 2.05) is 11.8 Å². The number of aromatic nitrogens is 1. The van der Waals surface area contributed by atoms with E-state index in [0.29, 0.717) is 55.1 Å². The fourth-order valence-electron chi connectivity index (χ4n) is 4.06. The minimum Gasteiger partial charge on any atom is -0.461 e. The minimum absolute atomic E-state index is 0.0957. The Morgan fingerprint density at radius 1 is 1.03 bits per heavy atom. The van der Waals surface area contributed by atoms with Crippen molar-refractivity contribution >= 4 is 21.8 Å². The molecule has 32 heavy (non-hydrogen) atoms. The number of rotatable bonds is 7. The highest BCUT2D eigenvalue weighted by molar-refractivity contribution is 7.89. The zero-order chi connectivity index (χ0) is 23.5. The quantitative estimate of drug-likeness (QED) is 0.503. The molecule has 174 valence electrons. The predicted molar refractivity (Wildman–Crippen MR) is 122 cm³/mol. The van der Waals surface area contributed by atoms with E-state index < -0.39 is 16.0 Å². The van der Waals surface area contributed by atoms with E-state index >= 15 is 0 Å². The fourth-order valence-corrected chi connectivity index (χ4v) is 5.53. The fraction of sp³-hybridized carbons (Fsp3) is 0.478. The Labute approximate surface area is 189 Å². The van der Waals surface area contributed by atoms with Gasteiger partial charge in [-0.15, -0.1) is 0 Å². The molecule has 0 amide bonds. The van der Waals surface area contributed by atoms with E-state index in [4.69, 9.17) is 4.74 Å². The summed E-state index contributed by atoms with van der Waals surface area (Å²) in [5.41, 5.74) is 3.03. The van der Waals surface area contributed by atoms with E-state index in [2.05, 4.69) is 4.98 Å². The average Bonchev–Trinajstić information content (AvgIpc) is 2.89. The largest absolute Gasteiger partial charge is 0.461 e. The zero-order valence-electron chi connectivity index (χ0n) is 19.1. The molecule has 3 rings (SSSR count). The molecule has 9 heteroatoms. The Kier molecular flexibility index (Phi) is 7.53. The van der Waals surface area contributed by atoms with Gasteiger partial charge in [-0.1, -0.05) is 17.7 Å². The van der Waals surface area contributed by atoms with Crippen LogP contribution in [0.1, 0.15) is 51.0 Å². The summed E-state index contributed by atoms with van der Waals surface area (Å²) in [6.07, 6.45) is 0.636. The first-order valence-electron chi connectivity index (χ1n) is 10.8. The molecule has 1 aliphatic rings. The molecule has 0 aliphatic carbocycles. The molecule has 1 aliphatic heterocycles. The van der Waals surface area contributed by atoms with Gasteiger partial charge in [-0.25, -0.2) is 13.2 Å². The van der Waals surface area contributed by atoms with Crippen LogP contribution in [-0.2, 0) is 14.8 Å². The lowest BCUT2D eigenvalue weighted by molar-refractivity contribution is 0.0519. The third-order valence-electron chi connectivity index (χ3n) is 5.77. The van der Waals surface area contributed by atoms with Crippen LogP contribution in [0.15, 0.2) is 29.2 Å². The number of aromatic amines is 1. The second-order valence-corrected chi connectivity index (χ2v) is 10.1. The predicted octanol–water partition coefficient (Wildman–Crippen LogP) is 2.70. The molecule has 1 saturated heterocycles. The van der Waals surface area contributed by atoms with Gasteiger partial charge in [0.25, 0.3) is 0 Å². The van der Waals surface area contributed by atoms with Crippen molar-refractivity contribution in [2.45, 2.75) is 39.0 Å². The minimum atomic E-state index is -3.57. The summed E-state index contributed by atoms with van der Waals surface area (Å²) in [6.45, 7) is 9.40. The van der Waals surface area contributed by atoms with Gasteiger partial charge in [0.05, 0.1) is 18.0 Å². The highest BCUT2D eigenvalue weighted by Crippen LogP contribution is 2.21. The molecule has 0 spiro atoms. The number of aryl methyl sites for hydroxylation is 2. The molecule has 2 heterocycles. The van der Waals surface area contributed by atoms with Crippen molar-refractivity contribution in [3.63, 3.8) is 0 Å². The Morgan fingerprint density at radius 3 is 2.38 bits per heavy atom. The zero-order valence-corrected chi connectivity index (χ0v) is 19.9. The van der Waals surface area contributed by atoms with Crippen molar-refractivity contribution in [2.75, 3.05) is 39.3 Å². The molecule has 0 atom stereocenters. The second kappa shape index (κ2) is 9.97. The van der Waals surface area contributed by atoms with Crippen molar-refractivity contribution in [1.82, 2.24) is 14.2 Å². The van der Waals surface area contributed by atoms with Crippen LogP contribution < -0.4 is 0 Å². The van der Waals surface area contributed by atoms with Crippen molar-refractivity contribution in [1.29, 1.82) is 0 Å². The summed E-state index contributed by atoms with van der Waals surface area (Å²) in [6, 6.07) is 6.86. The van der Waals surface area contributed by atoms with E-state index in [-0.39, 0.29) is 23.8 Å². The second-order valence-electron chi connectivity index (χ2n) is 8.12. The monoisotopic (exact) mass is 461 g/mol. The average molecular weight is 462 g/mol. The van der Waals surface area contributed by atoms with Crippen LogP contribution >= 0.6 is 0 Å². The molecule has 8 nitrogen and oxygen atoms in total. The van der Waals surface area contributed by atoms with E-state index in [9.17, 15) is 18.0 Å². The molecule has 0 unspecified atom stereocenters. The Bertz CT molecular complexity index is 1090. The number of ether oxygens (including phenoxy) is 1. The van der Waals surface area contributed by atoms with Crippen LogP contribution in [0.25, 0.3) is 0 Å². The van der Waals surface area contributed by atoms with Gasteiger partial charge >= 0.3 is 5.97 Å². The Balaban J connectivity index is 1.68. The third-order valence-corrected chi connectivity index (χ3v) is 7.68. The van der Waals surface area contributed by atoms with Gasteiger partial charge < -0.3 is 9.72 Å². The number of nitrogens with one attached hydrogen (secondary N) is 1. The van der Waals surface area contributed by atoms with Crippen molar-refractivity contribution in [3.8, 4) is 0 Å². The molecule has 0 bridgehead atoms. The van der Waals surface area contributed by atoms with E-state index in [1.54, 1.807) is 45.0 Å². The lowest BCUT2D eigenvalue weighted by atomic mass is 10.1. The lowest BCUT2D eigenvalue weighted by Crippen LogP contribution is -2.36. The summed E-state index contributed by atoms with van der Waals surface area (Å²) in [5, 5.41) is 0. The molecule has 2 aromatic rings. The SMILES string of the molecule is CCOC(=O)c1[nH]c(C)c(C(=O)CN2CCCN(S(=O)(=O)c3ccc(C)cc3)CC2)c1C. The van der Waals surface area contributed by atoms with Gasteiger partial charge in [-0.2, -0.15) is 4.31 Å². The van der Waals surface area contributed by atoms with Gasteiger partial charge in [0, 0.05) is 30.9 Å². The maximum Gasteiger partial charge on any atom is 0.355 e. The highest BCUT2D eigenvalue weighted by Gasteiger charge is 2.29. The van der Waals surface area contributed by atoms with Crippen LogP contribution in [-0.4, -0.2) is 73.7 Å². The summed E-state index contributed by atoms with van der Waals surface area (Å²) >= 11 is 0. The van der Waals surface area contributed by atoms with Gasteiger partial charge in [0.2, 0.25) is 10.0 Å². The highest BCUT2D eigenvalue weighted by atomic mass is 32.2.